The van der Waals surface area contributed by atoms with Crippen LogP contribution >= 0.6 is 0 Å². The highest BCUT2D eigenvalue weighted by atomic mass is 16.1. The fraction of sp³-hybridized carbons (Fsp3) is 0.625. The molecule has 0 amide bonds. The zero-order valence-electron chi connectivity index (χ0n) is 6.18. The van der Waals surface area contributed by atoms with Gasteiger partial charge in [0.1, 0.15) is 5.78 Å². The first-order chi connectivity index (χ1) is 4.27. The lowest BCUT2D eigenvalue weighted by atomic mass is 10.2. The number of carbonyl (C=O) groups excluding carboxylic acids is 1. The number of rotatable bonds is 4. The van der Waals surface area contributed by atoms with Crippen LogP contribution < -0.4 is 0 Å². The van der Waals surface area contributed by atoms with Crippen molar-refractivity contribution in [3.05, 3.63) is 12.2 Å². The Hall–Kier alpha value is -0.590. The molecule has 0 aliphatic rings. The van der Waals surface area contributed by atoms with Crippen molar-refractivity contribution in [3.8, 4) is 0 Å². The smallest absolute Gasteiger partial charge is 0.129 e. The molecule has 0 aromatic rings. The van der Waals surface area contributed by atoms with E-state index in [9.17, 15) is 4.79 Å². The summed E-state index contributed by atoms with van der Waals surface area (Å²) in [5.41, 5.74) is 0. The Morgan fingerprint density at radius 1 is 1.56 bits per heavy atom. The van der Waals surface area contributed by atoms with Gasteiger partial charge in [0.15, 0.2) is 0 Å². The van der Waals surface area contributed by atoms with Crippen LogP contribution in [0.2, 0.25) is 0 Å². The summed E-state index contributed by atoms with van der Waals surface area (Å²) in [6, 6.07) is 0. The zero-order valence-corrected chi connectivity index (χ0v) is 6.18. The molecule has 9 heavy (non-hydrogen) atoms. The van der Waals surface area contributed by atoms with Crippen LogP contribution in [0.15, 0.2) is 12.2 Å². The fourth-order valence-electron chi connectivity index (χ4n) is 0.636. The van der Waals surface area contributed by atoms with Crippen molar-refractivity contribution < 1.29 is 4.79 Å². The van der Waals surface area contributed by atoms with Crippen molar-refractivity contribution >= 4 is 5.78 Å². The van der Waals surface area contributed by atoms with Crippen LogP contribution in [0.4, 0.5) is 0 Å². The van der Waals surface area contributed by atoms with E-state index in [2.05, 4.69) is 6.08 Å². The molecule has 0 aliphatic heterocycles. The minimum atomic E-state index is 0.291. The molecule has 0 rings (SSSR count). The van der Waals surface area contributed by atoms with Gasteiger partial charge in [-0.2, -0.15) is 0 Å². The molecule has 0 saturated carbocycles. The average Bonchev–Trinajstić information content (AvgIpc) is 1.80. The largest absolute Gasteiger partial charge is 0.300 e. The number of carbonyl (C=O) groups is 1. The number of unbranched alkanes of at least 4 members (excludes halogenated alkanes) is 1. The lowest BCUT2D eigenvalue weighted by molar-refractivity contribution is -0.117. The standard InChI is InChI=1S/C8H14O/c1-3-4-5-6-7-8(2)9/h3-4H,5-7H2,1-2H3/b4-3+. The molecule has 0 atom stereocenters. The average molecular weight is 126 g/mol. The van der Waals surface area contributed by atoms with Gasteiger partial charge in [-0.15, -0.1) is 0 Å². The lowest BCUT2D eigenvalue weighted by Gasteiger charge is -1.89. The fourth-order valence-corrected chi connectivity index (χ4v) is 0.636. The molecule has 1 heteroatoms. The second-order valence-electron chi connectivity index (χ2n) is 2.16. The molecule has 1 nitrogen and oxygen atoms in total. The lowest BCUT2D eigenvalue weighted by Crippen LogP contribution is -1.87. The van der Waals surface area contributed by atoms with E-state index in [1.807, 2.05) is 13.0 Å². The topological polar surface area (TPSA) is 17.1 Å². The molecule has 52 valence electrons. The number of allylic oxidation sites excluding steroid dienone is 2. The highest BCUT2D eigenvalue weighted by Gasteiger charge is 1.88. The van der Waals surface area contributed by atoms with Gasteiger partial charge in [-0.25, -0.2) is 0 Å². The molecule has 0 saturated heterocycles. The first-order valence-corrected chi connectivity index (χ1v) is 3.38. The maximum absolute atomic E-state index is 10.4. The van der Waals surface area contributed by atoms with Gasteiger partial charge in [0, 0.05) is 6.42 Å². The van der Waals surface area contributed by atoms with E-state index >= 15 is 0 Å². The third kappa shape index (κ3) is 7.41. The van der Waals surface area contributed by atoms with Gasteiger partial charge < -0.3 is 4.79 Å². The van der Waals surface area contributed by atoms with E-state index in [0.717, 1.165) is 19.3 Å². The van der Waals surface area contributed by atoms with Gasteiger partial charge in [0.05, 0.1) is 0 Å². The van der Waals surface area contributed by atoms with Crippen molar-refractivity contribution in [3.63, 3.8) is 0 Å². The van der Waals surface area contributed by atoms with E-state index in [4.69, 9.17) is 0 Å². The number of hydrogen-bond acceptors (Lipinski definition) is 1. The van der Waals surface area contributed by atoms with Crippen molar-refractivity contribution in [1.29, 1.82) is 0 Å². The first-order valence-electron chi connectivity index (χ1n) is 3.38. The SMILES string of the molecule is C/C=C/CCCC(C)=O. The van der Waals surface area contributed by atoms with Gasteiger partial charge in [-0.05, 0) is 26.7 Å². The van der Waals surface area contributed by atoms with Gasteiger partial charge >= 0.3 is 0 Å². The summed E-state index contributed by atoms with van der Waals surface area (Å²) in [5.74, 6) is 0.291. The van der Waals surface area contributed by atoms with E-state index in [-0.39, 0.29) is 0 Å². The van der Waals surface area contributed by atoms with Crippen molar-refractivity contribution in [2.75, 3.05) is 0 Å². The van der Waals surface area contributed by atoms with Crippen LogP contribution in [0.1, 0.15) is 33.1 Å². The van der Waals surface area contributed by atoms with E-state index < -0.39 is 0 Å². The highest BCUT2D eigenvalue weighted by Crippen LogP contribution is 1.96. The van der Waals surface area contributed by atoms with Gasteiger partial charge in [0.2, 0.25) is 0 Å². The van der Waals surface area contributed by atoms with Crippen LogP contribution in [-0.4, -0.2) is 5.78 Å². The molecule has 0 aromatic carbocycles. The Morgan fingerprint density at radius 2 is 2.22 bits per heavy atom. The Balaban J connectivity index is 3.01. The predicted molar refractivity (Wildman–Crippen MR) is 39.3 cm³/mol. The van der Waals surface area contributed by atoms with Crippen LogP contribution in [0, 0.1) is 0 Å². The maximum atomic E-state index is 10.4. The number of ketones is 1. The molecule has 0 unspecified atom stereocenters. The van der Waals surface area contributed by atoms with Crippen molar-refractivity contribution in [2.24, 2.45) is 0 Å². The van der Waals surface area contributed by atoms with E-state index in [0.29, 0.717) is 5.78 Å². The van der Waals surface area contributed by atoms with Crippen LogP contribution in [0.3, 0.4) is 0 Å². The van der Waals surface area contributed by atoms with Gasteiger partial charge in [0.25, 0.3) is 0 Å². The molecule has 0 heterocycles. The Labute approximate surface area is 56.8 Å². The number of hydrogen-bond donors (Lipinski definition) is 0. The van der Waals surface area contributed by atoms with Crippen LogP contribution in [0.25, 0.3) is 0 Å². The summed E-state index contributed by atoms with van der Waals surface area (Å²) < 4.78 is 0. The molecule has 0 N–H and O–H groups in total. The first kappa shape index (κ1) is 8.41. The highest BCUT2D eigenvalue weighted by molar-refractivity contribution is 5.75. The maximum Gasteiger partial charge on any atom is 0.129 e. The van der Waals surface area contributed by atoms with Crippen LogP contribution in [0.5, 0.6) is 0 Å². The van der Waals surface area contributed by atoms with Crippen molar-refractivity contribution in [1.82, 2.24) is 0 Å². The molecule has 0 radical (unpaired) electrons. The molecule has 0 fully saturated rings. The molecule has 0 aliphatic carbocycles. The van der Waals surface area contributed by atoms with E-state index in [1.54, 1.807) is 6.92 Å². The Bertz CT molecular complexity index is 103. The summed E-state index contributed by atoms with van der Waals surface area (Å²) in [4.78, 5) is 10.4. The summed E-state index contributed by atoms with van der Waals surface area (Å²) in [5, 5.41) is 0. The summed E-state index contributed by atoms with van der Waals surface area (Å²) >= 11 is 0. The molecule has 0 aromatic heterocycles. The Kier molecular flexibility index (Phi) is 5.18. The third-order valence-corrected chi connectivity index (χ3v) is 1.14. The number of Topliss-reactive ketones (excluding diaryl/α,β-unsaturated/α-hetero) is 1. The molecule has 0 bridgehead atoms. The summed E-state index contributed by atoms with van der Waals surface area (Å²) in [6.07, 6.45) is 6.86. The minimum Gasteiger partial charge on any atom is -0.300 e. The summed E-state index contributed by atoms with van der Waals surface area (Å²) in [7, 11) is 0. The van der Waals surface area contributed by atoms with Crippen LogP contribution in [-0.2, 0) is 4.79 Å². The third-order valence-electron chi connectivity index (χ3n) is 1.14. The quantitative estimate of drug-likeness (QED) is 0.417. The van der Waals surface area contributed by atoms with E-state index in [1.165, 1.54) is 0 Å². The molecular formula is C8H14O. The van der Waals surface area contributed by atoms with Gasteiger partial charge in [-0.3, -0.25) is 0 Å². The summed E-state index contributed by atoms with van der Waals surface area (Å²) in [6.45, 7) is 3.63. The minimum absolute atomic E-state index is 0.291. The predicted octanol–water partition coefficient (Wildman–Crippen LogP) is 2.32. The van der Waals surface area contributed by atoms with Crippen molar-refractivity contribution in [2.45, 2.75) is 33.1 Å². The second kappa shape index (κ2) is 5.54. The normalized spacial score (nSPS) is 10.4. The molecule has 0 spiro atoms. The Morgan fingerprint density at radius 3 is 2.67 bits per heavy atom. The monoisotopic (exact) mass is 126 g/mol. The molecular weight excluding hydrogens is 112 g/mol. The second-order valence-corrected chi connectivity index (χ2v) is 2.16. The zero-order chi connectivity index (χ0) is 7.11. The van der Waals surface area contributed by atoms with Gasteiger partial charge in [-0.1, -0.05) is 12.2 Å².